The Balaban J connectivity index is 0.000000314. The fraction of sp³-hybridized carbons (Fsp3) is 0.512. The molecular formula is C43H59Br3N8O11. The van der Waals surface area contributed by atoms with Crippen LogP contribution >= 0.6 is 47.8 Å². The molecule has 2 aliphatic rings. The van der Waals surface area contributed by atoms with Crippen LogP contribution in [0.2, 0.25) is 0 Å². The Hall–Kier alpha value is -4.93. The fourth-order valence-corrected chi connectivity index (χ4v) is 5.94. The van der Waals surface area contributed by atoms with Gasteiger partial charge in [0.15, 0.2) is 0 Å². The van der Waals surface area contributed by atoms with E-state index in [1.165, 1.54) is 0 Å². The van der Waals surface area contributed by atoms with Gasteiger partial charge in [0.2, 0.25) is 11.8 Å². The van der Waals surface area contributed by atoms with Gasteiger partial charge in [-0.25, -0.2) is 24.5 Å². The van der Waals surface area contributed by atoms with Crippen molar-refractivity contribution in [2.24, 2.45) is 5.92 Å². The van der Waals surface area contributed by atoms with E-state index in [2.05, 4.69) is 78.7 Å². The number of alkyl carbamates (subject to hydrolysis) is 2. The van der Waals surface area contributed by atoms with Crippen molar-refractivity contribution in [3.05, 3.63) is 68.4 Å². The van der Waals surface area contributed by atoms with Crippen molar-refractivity contribution in [2.75, 3.05) is 35.7 Å². The molecule has 3 aromatic rings. The van der Waals surface area contributed by atoms with E-state index in [1.54, 1.807) is 89.3 Å². The Morgan fingerprint density at radius 2 is 1.35 bits per heavy atom. The van der Waals surface area contributed by atoms with Crippen LogP contribution in [-0.4, -0.2) is 105 Å². The Bertz CT molecular complexity index is 2000. The molecular weight excluding hydrogens is 1040 g/mol. The molecule has 2 aliphatic heterocycles. The molecule has 3 aromatic heterocycles. The van der Waals surface area contributed by atoms with Crippen molar-refractivity contribution in [1.82, 2.24) is 25.6 Å². The maximum absolute atomic E-state index is 12.0. The van der Waals surface area contributed by atoms with Crippen molar-refractivity contribution >= 4 is 101 Å². The number of carbonyl (C=O) groups excluding carboxylic acids is 6. The lowest BCUT2D eigenvalue weighted by Crippen LogP contribution is -2.42. The van der Waals surface area contributed by atoms with E-state index < -0.39 is 35.0 Å². The smallest absolute Gasteiger partial charge is 0.407 e. The van der Waals surface area contributed by atoms with Gasteiger partial charge in [-0.3, -0.25) is 24.1 Å². The third-order valence-corrected chi connectivity index (χ3v) is 9.17. The number of carbonyl (C=O) groups is 6. The van der Waals surface area contributed by atoms with Crippen molar-refractivity contribution in [1.29, 1.82) is 0 Å². The van der Waals surface area contributed by atoms with Gasteiger partial charge in [-0.15, -0.1) is 0 Å². The van der Waals surface area contributed by atoms with Crippen LogP contribution in [0.25, 0.3) is 0 Å². The molecule has 0 unspecified atom stereocenters. The standard InChI is InChI=1S/C14H20BrN3O4.C14H18BrN3O3.C10H16O4.C5H5BrN2/c1-14(2,3)22-13(21)17-10(8-19)6-12(20)18-11-5-4-9(15)7-16-11;1-14(2,3)21-13(20)17-10-6-12(19)18(8-10)11-5-4-9(15)7-16-11;1-10(2,3)14-9(12)5-7-4-8(11)13-6-7;6-4-1-2-5(7)8-3-4/h4-5,7,10,19H,6,8H2,1-3H3,(H,17,21)(H,16,18,20);4-5,7,10H,6,8H2,1-3H3,(H,17,20);7H,4-6H2,1-3H3;1-3H,(H2,7,8)/t2*10-;7-;/m001./s1. The number of nitrogens with one attached hydrogen (secondary N) is 3. The van der Waals surface area contributed by atoms with E-state index in [-0.39, 0.29) is 61.6 Å². The molecule has 65 heavy (non-hydrogen) atoms. The number of pyridine rings is 3. The Morgan fingerprint density at radius 3 is 1.82 bits per heavy atom. The number of nitrogens with zero attached hydrogens (tertiary/aromatic N) is 4. The maximum Gasteiger partial charge on any atom is 0.407 e. The molecule has 2 saturated heterocycles. The highest BCUT2D eigenvalue weighted by Crippen LogP contribution is 2.22. The van der Waals surface area contributed by atoms with Gasteiger partial charge < -0.3 is 45.7 Å². The third kappa shape index (κ3) is 25.4. The van der Waals surface area contributed by atoms with Crippen LogP contribution in [0.5, 0.6) is 0 Å². The third-order valence-electron chi connectivity index (χ3n) is 7.76. The van der Waals surface area contributed by atoms with Crippen molar-refractivity contribution in [3.8, 4) is 0 Å². The second kappa shape index (κ2) is 26.3. The summed E-state index contributed by atoms with van der Waals surface area (Å²) in [5, 5.41) is 17.0. The summed E-state index contributed by atoms with van der Waals surface area (Å²) in [5.74, 6) is 0.597. The molecule has 0 radical (unpaired) electrons. The van der Waals surface area contributed by atoms with Gasteiger partial charge in [0, 0.05) is 57.3 Å². The minimum atomic E-state index is -0.731. The summed E-state index contributed by atoms with van der Waals surface area (Å²) >= 11 is 9.77. The number of esters is 2. The van der Waals surface area contributed by atoms with E-state index in [0.29, 0.717) is 37.0 Å². The highest BCUT2D eigenvalue weighted by molar-refractivity contribution is 9.11. The zero-order chi connectivity index (χ0) is 49.1. The molecule has 4 amide bonds. The molecule has 0 spiro atoms. The second-order valence-corrected chi connectivity index (χ2v) is 20.2. The number of hydrogen-bond donors (Lipinski definition) is 5. The number of aliphatic hydroxyl groups is 1. The number of cyclic esters (lactones) is 1. The van der Waals surface area contributed by atoms with E-state index in [0.717, 1.165) is 13.4 Å². The summed E-state index contributed by atoms with van der Waals surface area (Å²) in [4.78, 5) is 82.9. The van der Waals surface area contributed by atoms with Crippen molar-refractivity contribution < 1.29 is 52.8 Å². The highest BCUT2D eigenvalue weighted by Gasteiger charge is 2.33. The predicted molar refractivity (Wildman–Crippen MR) is 253 cm³/mol. The van der Waals surface area contributed by atoms with Crippen molar-refractivity contribution in [2.45, 2.75) is 117 Å². The minimum absolute atomic E-state index is 0.00245. The maximum atomic E-state index is 12.0. The molecule has 19 nitrogen and oxygen atoms in total. The molecule has 0 saturated carbocycles. The summed E-state index contributed by atoms with van der Waals surface area (Å²) in [5.41, 5.74) is 3.64. The van der Waals surface area contributed by atoms with Crippen LogP contribution in [0.3, 0.4) is 0 Å². The van der Waals surface area contributed by atoms with Crippen LogP contribution in [0, 0.1) is 5.92 Å². The summed E-state index contributed by atoms with van der Waals surface area (Å²) in [6, 6.07) is 9.56. The molecule has 0 aliphatic carbocycles. The molecule has 0 aromatic carbocycles. The number of anilines is 3. The first-order valence-corrected chi connectivity index (χ1v) is 22.6. The lowest BCUT2D eigenvalue weighted by Gasteiger charge is -2.22. The summed E-state index contributed by atoms with van der Waals surface area (Å²) < 4.78 is 22.7. The van der Waals surface area contributed by atoms with Gasteiger partial charge in [0.05, 0.1) is 38.1 Å². The molecule has 22 heteroatoms. The van der Waals surface area contributed by atoms with Crippen LogP contribution in [0.4, 0.5) is 27.0 Å². The highest BCUT2D eigenvalue weighted by atomic mass is 79.9. The Morgan fingerprint density at radius 1 is 0.800 bits per heavy atom. The zero-order valence-electron chi connectivity index (χ0n) is 37.9. The number of rotatable bonds is 9. The fourth-order valence-electron chi connectivity index (χ4n) is 5.23. The first-order valence-electron chi connectivity index (χ1n) is 20.3. The number of nitrogens with two attached hydrogens (primary N) is 1. The van der Waals surface area contributed by atoms with Crippen LogP contribution in [-0.2, 0) is 38.1 Å². The Labute approximate surface area is 404 Å². The lowest BCUT2D eigenvalue weighted by molar-refractivity contribution is -0.156. The summed E-state index contributed by atoms with van der Waals surface area (Å²) in [6.07, 6.45) is 4.42. The van der Waals surface area contributed by atoms with Gasteiger partial charge >= 0.3 is 24.1 Å². The van der Waals surface area contributed by atoms with Gasteiger partial charge in [0.1, 0.15) is 34.3 Å². The topological polar surface area (TPSA) is 264 Å². The molecule has 6 N–H and O–H groups in total. The summed E-state index contributed by atoms with van der Waals surface area (Å²) in [7, 11) is 0. The molecule has 5 rings (SSSR count). The first kappa shape index (κ1) is 56.2. The number of aromatic nitrogens is 3. The number of ether oxygens (including phenoxy) is 4. The SMILES string of the molecule is CC(C)(C)OC(=O)C[C@@H]1COC(=O)C1.CC(C)(C)OC(=O)N[C@H](CO)CC(=O)Nc1ccc(Br)cn1.CC(C)(C)OC(=O)N[C@H]1CC(=O)N(c2ccc(Br)cn2)C1.Nc1ccc(Br)cn1. The van der Waals surface area contributed by atoms with Gasteiger partial charge in [-0.05, 0) is 147 Å². The van der Waals surface area contributed by atoms with E-state index in [9.17, 15) is 33.9 Å². The van der Waals surface area contributed by atoms with Crippen LogP contribution in [0.15, 0.2) is 68.4 Å². The first-order chi connectivity index (χ1) is 30.1. The number of aliphatic hydroxyl groups excluding tert-OH is 1. The number of hydrogen-bond acceptors (Lipinski definition) is 15. The Kier molecular flexibility index (Phi) is 22.7. The van der Waals surface area contributed by atoms with Gasteiger partial charge in [-0.2, -0.15) is 0 Å². The monoisotopic (exact) mass is 1100 g/mol. The normalized spacial score (nSPS) is 16.1. The minimum Gasteiger partial charge on any atom is -0.465 e. The molecule has 0 bridgehead atoms. The van der Waals surface area contributed by atoms with Crippen LogP contribution in [0.1, 0.15) is 88.0 Å². The number of halogens is 3. The average molecular weight is 1100 g/mol. The van der Waals surface area contributed by atoms with Crippen molar-refractivity contribution in [3.63, 3.8) is 0 Å². The van der Waals surface area contributed by atoms with E-state index >= 15 is 0 Å². The van der Waals surface area contributed by atoms with E-state index in [1.807, 2.05) is 32.9 Å². The van der Waals surface area contributed by atoms with Crippen LogP contribution < -0.4 is 26.6 Å². The lowest BCUT2D eigenvalue weighted by atomic mass is 10.1. The molecule has 358 valence electrons. The molecule has 2 fully saturated rings. The summed E-state index contributed by atoms with van der Waals surface area (Å²) in [6.45, 7) is 16.4. The quantitative estimate of drug-likeness (QED) is 0.104. The zero-order valence-corrected chi connectivity index (χ0v) is 42.7. The predicted octanol–water partition coefficient (Wildman–Crippen LogP) is 7.24. The largest absolute Gasteiger partial charge is 0.465 e. The van der Waals surface area contributed by atoms with Gasteiger partial charge in [-0.1, -0.05) is 0 Å². The average Bonchev–Trinajstić information content (AvgIpc) is 3.75. The van der Waals surface area contributed by atoms with Gasteiger partial charge in [0.25, 0.3) is 0 Å². The van der Waals surface area contributed by atoms with E-state index in [4.69, 9.17) is 24.7 Å². The number of amides is 4. The second-order valence-electron chi connectivity index (χ2n) is 17.5. The molecule has 3 atom stereocenters. The number of nitrogen functional groups attached to an aromatic ring is 1. The molecule has 5 heterocycles.